The minimum absolute atomic E-state index is 0.282. The number of hydrogen-bond acceptors (Lipinski definition) is 7. The first-order valence-electron chi connectivity index (χ1n) is 12.3. The average molecular weight is 505 g/mol. The largest absolute Gasteiger partial charge is 0.494 e. The van der Waals surface area contributed by atoms with Crippen LogP contribution in [0.4, 0.5) is 0 Å². The Morgan fingerprint density at radius 3 is 1.92 bits per heavy atom. The van der Waals surface area contributed by atoms with Crippen molar-refractivity contribution in [2.24, 2.45) is 5.10 Å². The van der Waals surface area contributed by atoms with Gasteiger partial charge in [0.1, 0.15) is 11.5 Å². The number of amides is 1. The molecule has 0 aliphatic rings. The number of nitrogens with one attached hydrogen (secondary N) is 1. The Morgan fingerprint density at radius 2 is 1.35 bits per heavy atom. The molecule has 3 aromatic rings. The van der Waals surface area contributed by atoms with Crippen LogP contribution in [0.1, 0.15) is 59.9 Å². The van der Waals surface area contributed by atoms with Gasteiger partial charge in [0, 0.05) is 5.56 Å². The van der Waals surface area contributed by atoms with Crippen molar-refractivity contribution in [3.8, 4) is 23.0 Å². The predicted octanol–water partition coefficient (Wildman–Crippen LogP) is 5.65. The van der Waals surface area contributed by atoms with Crippen LogP contribution < -0.4 is 24.4 Å². The second-order valence-electron chi connectivity index (χ2n) is 7.97. The van der Waals surface area contributed by atoms with E-state index in [2.05, 4.69) is 10.5 Å². The van der Waals surface area contributed by atoms with Crippen molar-refractivity contribution < 1.29 is 28.5 Å². The summed E-state index contributed by atoms with van der Waals surface area (Å²) in [5.74, 6) is 1.22. The van der Waals surface area contributed by atoms with Crippen LogP contribution in [0.3, 0.4) is 0 Å². The molecule has 8 nitrogen and oxygen atoms in total. The van der Waals surface area contributed by atoms with Gasteiger partial charge in [0.15, 0.2) is 11.5 Å². The molecule has 0 aliphatic heterocycles. The number of hydrazone groups is 1. The third-order valence-corrected chi connectivity index (χ3v) is 5.00. The fourth-order valence-electron chi connectivity index (χ4n) is 3.18. The Hall–Kier alpha value is -4.33. The van der Waals surface area contributed by atoms with Crippen LogP contribution in [0.25, 0.3) is 0 Å². The molecule has 1 N–H and O–H groups in total. The summed E-state index contributed by atoms with van der Waals surface area (Å²) < 4.78 is 22.3. The molecule has 0 heterocycles. The summed E-state index contributed by atoms with van der Waals surface area (Å²) in [6.07, 6.45) is 3.30. The molecule has 0 spiro atoms. The molecule has 0 saturated carbocycles. The number of ether oxygens (including phenoxy) is 4. The molecule has 1 amide bonds. The lowest BCUT2D eigenvalue weighted by Crippen LogP contribution is -2.17. The number of hydrogen-bond donors (Lipinski definition) is 1. The van der Waals surface area contributed by atoms with Crippen LogP contribution in [0.5, 0.6) is 23.0 Å². The maximum atomic E-state index is 12.6. The highest BCUT2D eigenvalue weighted by Crippen LogP contribution is 2.29. The van der Waals surface area contributed by atoms with Crippen molar-refractivity contribution in [1.82, 2.24) is 5.43 Å². The molecule has 3 aromatic carbocycles. The van der Waals surface area contributed by atoms with Gasteiger partial charge in [0.25, 0.3) is 5.91 Å². The molecule has 0 unspecified atom stereocenters. The normalized spacial score (nSPS) is 10.7. The minimum atomic E-state index is -0.511. The molecule has 0 saturated heterocycles. The number of carbonyl (C=O) groups excluding carboxylic acids is 2. The summed E-state index contributed by atoms with van der Waals surface area (Å²) in [7, 11) is 0. The van der Waals surface area contributed by atoms with Crippen LogP contribution in [-0.2, 0) is 0 Å². The van der Waals surface area contributed by atoms with Gasteiger partial charge in [0.05, 0.1) is 31.6 Å². The van der Waals surface area contributed by atoms with Crippen molar-refractivity contribution in [2.75, 3.05) is 19.8 Å². The van der Waals surface area contributed by atoms with Gasteiger partial charge in [-0.3, -0.25) is 4.79 Å². The van der Waals surface area contributed by atoms with Crippen molar-refractivity contribution in [3.63, 3.8) is 0 Å². The lowest BCUT2D eigenvalue weighted by molar-refractivity contribution is 0.0728. The van der Waals surface area contributed by atoms with Gasteiger partial charge in [-0.05, 0) is 92.1 Å². The van der Waals surface area contributed by atoms with Crippen molar-refractivity contribution in [2.45, 2.75) is 33.6 Å². The molecule has 0 atom stereocenters. The second-order valence-corrected chi connectivity index (χ2v) is 7.97. The highest BCUT2D eigenvalue weighted by molar-refractivity contribution is 5.95. The van der Waals surface area contributed by atoms with E-state index in [0.29, 0.717) is 53.8 Å². The third kappa shape index (κ3) is 8.38. The zero-order valence-electron chi connectivity index (χ0n) is 21.4. The molecule has 3 rings (SSSR count). The summed E-state index contributed by atoms with van der Waals surface area (Å²) in [4.78, 5) is 25.0. The highest BCUT2D eigenvalue weighted by Gasteiger charge is 2.14. The molecule has 0 fully saturated rings. The SMILES string of the molecule is CCCOc1ccc(C(=O)N/N=C/c2ccc(OC(=O)c3ccc(OCCC)cc3)c(OCC)c2)cc1. The molecule has 194 valence electrons. The van der Waals surface area contributed by atoms with Crippen LogP contribution >= 0.6 is 0 Å². The second kappa shape index (κ2) is 14.3. The zero-order chi connectivity index (χ0) is 26.5. The fraction of sp³-hybridized carbons (Fsp3) is 0.276. The molecule has 0 aromatic heterocycles. The quantitative estimate of drug-likeness (QED) is 0.140. The molecular formula is C29H32N2O6. The van der Waals surface area contributed by atoms with Crippen LogP contribution in [0.2, 0.25) is 0 Å². The van der Waals surface area contributed by atoms with E-state index in [-0.39, 0.29) is 11.7 Å². The van der Waals surface area contributed by atoms with E-state index in [1.165, 1.54) is 6.21 Å². The highest BCUT2D eigenvalue weighted by atomic mass is 16.6. The molecule has 8 heteroatoms. The maximum Gasteiger partial charge on any atom is 0.343 e. The lowest BCUT2D eigenvalue weighted by Gasteiger charge is -2.12. The van der Waals surface area contributed by atoms with Crippen LogP contribution in [0, 0.1) is 0 Å². The van der Waals surface area contributed by atoms with E-state index in [9.17, 15) is 9.59 Å². The molecule has 0 bridgehead atoms. The van der Waals surface area contributed by atoms with Crippen LogP contribution in [-0.4, -0.2) is 37.9 Å². The number of esters is 1. The molecule has 0 radical (unpaired) electrons. The maximum absolute atomic E-state index is 12.6. The Bertz CT molecular complexity index is 1190. The fourth-order valence-corrected chi connectivity index (χ4v) is 3.18. The van der Waals surface area contributed by atoms with Gasteiger partial charge >= 0.3 is 5.97 Å². The first-order valence-corrected chi connectivity index (χ1v) is 12.3. The number of benzene rings is 3. The van der Waals surface area contributed by atoms with Gasteiger partial charge in [-0.2, -0.15) is 5.10 Å². The van der Waals surface area contributed by atoms with Gasteiger partial charge in [0.2, 0.25) is 0 Å². The van der Waals surface area contributed by atoms with E-state index >= 15 is 0 Å². The topological polar surface area (TPSA) is 95.5 Å². The number of carbonyl (C=O) groups is 2. The predicted molar refractivity (Wildman–Crippen MR) is 142 cm³/mol. The van der Waals surface area contributed by atoms with E-state index in [1.54, 1.807) is 66.7 Å². The first-order chi connectivity index (χ1) is 18.0. The summed E-state index contributed by atoms with van der Waals surface area (Å²) in [6.45, 7) is 7.51. The third-order valence-electron chi connectivity index (χ3n) is 5.00. The molecular weight excluding hydrogens is 472 g/mol. The smallest absolute Gasteiger partial charge is 0.343 e. The van der Waals surface area contributed by atoms with E-state index in [4.69, 9.17) is 18.9 Å². The van der Waals surface area contributed by atoms with Crippen LogP contribution in [0.15, 0.2) is 71.8 Å². The standard InChI is InChI=1S/C29H32N2O6/c1-4-17-35-24-12-8-22(9-13-24)28(32)31-30-20-21-7-16-26(27(19-21)34-6-3)37-29(33)23-10-14-25(15-11-23)36-18-5-2/h7-16,19-20H,4-6,17-18H2,1-3H3,(H,31,32)/b30-20+. The van der Waals surface area contributed by atoms with Gasteiger partial charge in [-0.15, -0.1) is 0 Å². The molecule has 0 aliphatic carbocycles. The van der Waals surface area contributed by atoms with Gasteiger partial charge in [-0.25, -0.2) is 10.2 Å². The van der Waals surface area contributed by atoms with Gasteiger partial charge < -0.3 is 18.9 Å². The number of nitrogens with zero attached hydrogens (tertiary/aromatic N) is 1. The Morgan fingerprint density at radius 1 is 0.757 bits per heavy atom. The summed E-state index contributed by atoms with van der Waals surface area (Å²) in [5.41, 5.74) is 4.01. The van der Waals surface area contributed by atoms with Crippen molar-refractivity contribution in [1.29, 1.82) is 0 Å². The van der Waals surface area contributed by atoms with Gasteiger partial charge in [-0.1, -0.05) is 13.8 Å². The monoisotopic (exact) mass is 504 g/mol. The van der Waals surface area contributed by atoms with E-state index in [1.807, 2.05) is 20.8 Å². The van der Waals surface area contributed by atoms with E-state index in [0.717, 1.165) is 12.8 Å². The average Bonchev–Trinajstić information content (AvgIpc) is 2.92. The molecule has 37 heavy (non-hydrogen) atoms. The minimum Gasteiger partial charge on any atom is -0.494 e. The number of rotatable bonds is 13. The Balaban J connectivity index is 1.62. The summed E-state index contributed by atoms with van der Waals surface area (Å²) in [5, 5.41) is 4.03. The first kappa shape index (κ1) is 27.3. The van der Waals surface area contributed by atoms with Crippen molar-refractivity contribution >= 4 is 18.1 Å². The van der Waals surface area contributed by atoms with E-state index < -0.39 is 5.97 Å². The Kier molecular flexibility index (Phi) is 10.5. The van der Waals surface area contributed by atoms with Crippen molar-refractivity contribution in [3.05, 3.63) is 83.4 Å². The Labute approximate surface area is 217 Å². The summed E-state index contributed by atoms with van der Waals surface area (Å²) in [6, 6.07) is 18.7. The zero-order valence-corrected chi connectivity index (χ0v) is 21.4. The lowest BCUT2D eigenvalue weighted by atomic mass is 10.2. The summed E-state index contributed by atoms with van der Waals surface area (Å²) >= 11 is 0.